The van der Waals surface area contributed by atoms with Gasteiger partial charge in [0.25, 0.3) is 0 Å². The first-order chi connectivity index (χ1) is 18.5. The third-order valence-electron chi connectivity index (χ3n) is 6.50. The highest BCUT2D eigenvalue weighted by atomic mass is 127. The predicted molar refractivity (Wildman–Crippen MR) is 165 cm³/mol. The van der Waals surface area contributed by atoms with E-state index in [-0.39, 0.29) is 18.5 Å². The van der Waals surface area contributed by atoms with Gasteiger partial charge in [0.05, 0.1) is 11.9 Å². The van der Waals surface area contributed by atoms with Crippen molar-refractivity contribution >= 4 is 50.1 Å². The molecule has 0 aliphatic carbocycles. The highest BCUT2D eigenvalue weighted by molar-refractivity contribution is 14.1. The first-order valence-corrected chi connectivity index (χ1v) is 15.8. The van der Waals surface area contributed by atoms with Crippen molar-refractivity contribution in [2.75, 3.05) is 17.1 Å². The van der Waals surface area contributed by atoms with E-state index in [9.17, 15) is 18.0 Å². The number of carbonyl (C=O) groups is 2. The van der Waals surface area contributed by atoms with Gasteiger partial charge in [0.1, 0.15) is 12.6 Å². The number of halogens is 1. The number of anilines is 1. The van der Waals surface area contributed by atoms with Crippen LogP contribution in [0.5, 0.6) is 0 Å². The van der Waals surface area contributed by atoms with Gasteiger partial charge in [-0.2, -0.15) is 0 Å². The summed E-state index contributed by atoms with van der Waals surface area (Å²) in [6.07, 6.45) is 2.12. The first kappa shape index (κ1) is 30.6. The SMILES string of the molecule is CC[C@@H](C)NC(=O)[C@@H](Cc1ccccc1)N(Cc1cccc(C)c1)C(=O)CN(c1ccc(I)cc1)S(C)(=O)=O. The van der Waals surface area contributed by atoms with Crippen LogP contribution in [0.25, 0.3) is 0 Å². The Bertz CT molecular complexity index is 1360. The molecule has 0 bridgehead atoms. The van der Waals surface area contributed by atoms with E-state index in [4.69, 9.17) is 0 Å². The maximum atomic E-state index is 14.1. The van der Waals surface area contributed by atoms with Gasteiger partial charge in [-0.05, 0) is 78.3 Å². The molecule has 0 heterocycles. The number of hydrogen-bond acceptors (Lipinski definition) is 4. The summed E-state index contributed by atoms with van der Waals surface area (Å²) in [7, 11) is -3.78. The lowest BCUT2D eigenvalue weighted by molar-refractivity contribution is -0.140. The van der Waals surface area contributed by atoms with Crippen molar-refractivity contribution in [2.45, 2.75) is 52.2 Å². The van der Waals surface area contributed by atoms with E-state index < -0.39 is 28.5 Å². The summed E-state index contributed by atoms with van der Waals surface area (Å²) in [4.78, 5) is 29.3. The maximum Gasteiger partial charge on any atom is 0.244 e. The Kier molecular flexibility index (Phi) is 10.9. The molecule has 3 rings (SSSR count). The lowest BCUT2D eigenvalue weighted by Crippen LogP contribution is -2.54. The highest BCUT2D eigenvalue weighted by Crippen LogP contribution is 2.22. The van der Waals surface area contributed by atoms with Crippen LogP contribution < -0.4 is 9.62 Å². The second-order valence-corrected chi connectivity index (χ2v) is 12.9. The van der Waals surface area contributed by atoms with Crippen LogP contribution in [0.15, 0.2) is 78.9 Å². The Morgan fingerprint density at radius 2 is 1.59 bits per heavy atom. The molecule has 0 spiro atoms. The van der Waals surface area contributed by atoms with Crippen molar-refractivity contribution in [1.29, 1.82) is 0 Å². The Morgan fingerprint density at radius 3 is 2.18 bits per heavy atom. The fourth-order valence-electron chi connectivity index (χ4n) is 4.22. The van der Waals surface area contributed by atoms with Gasteiger partial charge in [-0.1, -0.05) is 67.1 Å². The van der Waals surface area contributed by atoms with Gasteiger partial charge < -0.3 is 10.2 Å². The molecule has 2 amide bonds. The second-order valence-electron chi connectivity index (χ2n) is 9.78. The largest absolute Gasteiger partial charge is 0.352 e. The van der Waals surface area contributed by atoms with Crippen molar-refractivity contribution < 1.29 is 18.0 Å². The molecule has 0 aromatic heterocycles. The number of aryl methyl sites for hydroxylation is 1. The van der Waals surface area contributed by atoms with Crippen LogP contribution in [-0.2, 0) is 32.6 Å². The van der Waals surface area contributed by atoms with E-state index in [1.165, 1.54) is 4.90 Å². The Labute approximate surface area is 245 Å². The number of amides is 2. The van der Waals surface area contributed by atoms with Crippen LogP contribution in [0.4, 0.5) is 5.69 Å². The molecule has 1 N–H and O–H groups in total. The van der Waals surface area contributed by atoms with Crippen LogP contribution in [0.1, 0.15) is 37.0 Å². The number of carbonyl (C=O) groups excluding carboxylic acids is 2. The minimum atomic E-state index is -3.78. The van der Waals surface area contributed by atoms with Gasteiger partial charge in [-0.3, -0.25) is 13.9 Å². The molecular weight excluding hydrogens is 625 g/mol. The monoisotopic (exact) mass is 661 g/mol. The zero-order valence-electron chi connectivity index (χ0n) is 22.8. The van der Waals surface area contributed by atoms with E-state index in [2.05, 4.69) is 27.9 Å². The van der Waals surface area contributed by atoms with Crippen LogP contribution in [-0.4, -0.2) is 50.0 Å². The summed E-state index contributed by atoms with van der Waals surface area (Å²) in [5.74, 6) is -0.727. The van der Waals surface area contributed by atoms with E-state index in [0.717, 1.165) is 37.2 Å². The molecule has 2 atom stereocenters. The minimum absolute atomic E-state index is 0.0778. The van der Waals surface area contributed by atoms with E-state index in [0.29, 0.717) is 12.1 Å². The number of benzene rings is 3. The van der Waals surface area contributed by atoms with Crippen LogP contribution >= 0.6 is 22.6 Å². The molecule has 0 unspecified atom stereocenters. The minimum Gasteiger partial charge on any atom is -0.352 e. The van der Waals surface area contributed by atoms with Crippen LogP contribution in [0.2, 0.25) is 0 Å². The zero-order valence-corrected chi connectivity index (χ0v) is 25.8. The van der Waals surface area contributed by atoms with Gasteiger partial charge in [-0.25, -0.2) is 8.42 Å². The predicted octanol–water partition coefficient (Wildman–Crippen LogP) is 4.92. The van der Waals surface area contributed by atoms with Gasteiger partial charge in [-0.15, -0.1) is 0 Å². The molecule has 0 aliphatic heterocycles. The lowest BCUT2D eigenvalue weighted by atomic mass is 10.0. The first-order valence-electron chi connectivity index (χ1n) is 12.9. The summed E-state index contributed by atoms with van der Waals surface area (Å²) in [6, 6.07) is 23.3. The van der Waals surface area contributed by atoms with Crippen molar-refractivity contribution in [2.24, 2.45) is 0 Å². The van der Waals surface area contributed by atoms with Gasteiger partial charge in [0, 0.05) is 22.6 Å². The van der Waals surface area contributed by atoms with Crippen molar-refractivity contribution in [1.82, 2.24) is 10.2 Å². The number of nitrogens with one attached hydrogen (secondary N) is 1. The molecule has 3 aromatic carbocycles. The average Bonchev–Trinajstić information content (AvgIpc) is 2.89. The summed E-state index contributed by atoms with van der Waals surface area (Å²) >= 11 is 2.14. The van der Waals surface area contributed by atoms with Crippen molar-refractivity contribution in [3.8, 4) is 0 Å². The summed E-state index contributed by atoms with van der Waals surface area (Å²) in [6.45, 7) is 5.61. The fraction of sp³-hybridized carbons (Fsp3) is 0.333. The smallest absolute Gasteiger partial charge is 0.244 e. The zero-order chi connectivity index (χ0) is 28.6. The fourth-order valence-corrected chi connectivity index (χ4v) is 5.43. The standard InChI is InChI=1S/C30H36IN3O4S/c1-5-23(3)32-30(36)28(19-24-11-7-6-8-12-24)33(20-25-13-9-10-22(2)18-25)29(35)21-34(39(4,37)38)27-16-14-26(31)15-17-27/h6-18,23,28H,5,19-21H2,1-4H3,(H,32,36)/t23-,28-/m1/s1. The number of sulfonamides is 1. The van der Waals surface area contributed by atoms with Crippen molar-refractivity contribution in [3.63, 3.8) is 0 Å². The molecule has 0 radical (unpaired) electrons. The Balaban J connectivity index is 2.05. The number of hydrogen-bond donors (Lipinski definition) is 1. The normalized spacial score (nSPS) is 12.8. The Hall–Kier alpha value is -2.92. The van der Waals surface area contributed by atoms with Crippen molar-refractivity contribution in [3.05, 3.63) is 99.1 Å². The number of nitrogens with zero attached hydrogens (tertiary/aromatic N) is 2. The third kappa shape index (κ3) is 9.06. The molecular formula is C30H36IN3O4S. The van der Waals surface area contributed by atoms with Crippen LogP contribution in [0.3, 0.4) is 0 Å². The van der Waals surface area contributed by atoms with Gasteiger partial charge in [0.15, 0.2) is 0 Å². The number of rotatable bonds is 12. The third-order valence-corrected chi connectivity index (χ3v) is 8.36. The quantitative estimate of drug-likeness (QED) is 0.280. The molecule has 39 heavy (non-hydrogen) atoms. The van der Waals surface area contributed by atoms with Gasteiger partial charge in [0.2, 0.25) is 21.8 Å². The molecule has 208 valence electrons. The molecule has 0 saturated heterocycles. The van der Waals surface area contributed by atoms with E-state index in [1.807, 2.05) is 75.4 Å². The van der Waals surface area contributed by atoms with E-state index in [1.54, 1.807) is 24.3 Å². The highest BCUT2D eigenvalue weighted by Gasteiger charge is 2.33. The molecule has 0 aliphatic rings. The van der Waals surface area contributed by atoms with Gasteiger partial charge >= 0.3 is 0 Å². The molecule has 0 saturated carbocycles. The average molecular weight is 662 g/mol. The lowest BCUT2D eigenvalue weighted by Gasteiger charge is -2.34. The Morgan fingerprint density at radius 1 is 0.949 bits per heavy atom. The second kappa shape index (κ2) is 13.9. The summed E-state index contributed by atoms with van der Waals surface area (Å²) in [5, 5.41) is 3.04. The maximum absolute atomic E-state index is 14.1. The molecule has 0 fully saturated rings. The summed E-state index contributed by atoms with van der Waals surface area (Å²) in [5.41, 5.74) is 3.19. The summed E-state index contributed by atoms with van der Waals surface area (Å²) < 4.78 is 27.7. The topological polar surface area (TPSA) is 86.8 Å². The van der Waals surface area contributed by atoms with E-state index >= 15 is 0 Å². The molecule has 3 aromatic rings. The molecule has 9 heteroatoms. The van der Waals surface area contributed by atoms with Crippen LogP contribution in [0, 0.1) is 10.5 Å². The molecule has 7 nitrogen and oxygen atoms in total.